The van der Waals surface area contributed by atoms with Gasteiger partial charge < -0.3 is 13.8 Å². The van der Waals surface area contributed by atoms with Gasteiger partial charge in [0.15, 0.2) is 8.38 Å². The Morgan fingerprint density at radius 3 is 1.78 bits per heavy atom. The number of hydrogen-bond acceptors (Lipinski definition) is 7. The third-order valence-electron chi connectivity index (χ3n) is 3.56. The average molecular weight is 592 g/mol. The number of nitrogens with zero attached hydrogens (tertiary/aromatic N) is 2. The van der Waals surface area contributed by atoms with E-state index in [0.29, 0.717) is 6.42 Å². The normalized spacial score (nSPS) is 14.4. The Bertz CT molecular complexity index is 681. The fourth-order valence-electron chi connectivity index (χ4n) is 2.25. The molecule has 0 radical (unpaired) electrons. The van der Waals surface area contributed by atoms with Gasteiger partial charge in [-0.05, 0) is 13.0 Å². The lowest BCUT2D eigenvalue weighted by Gasteiger charge is -2.30. The van der Waals surface area contributed by atoms with Crippen molar-refractivity contribution in [3.8, 4) is 6.07 Å². The lowest BCUT2D eigenvalue weighted by molar-refractivity contribution is -0.462. The number of hydrogen-bond donors (Lipinski definition) is 0. The minimum absolute atomic E-state index is 0. The summed E-state index contributed by atoms with van der Waals surface area (Å²) in [6, 6.07) is 1.83. The molecule has 0 aliphatic heterocycles. The Balaban J connectivity index is 0. The Morgan fingerprint density at radius 2 is 1.30 bits per heavy atom. The van der Waals surface area contributed by atoms with Crippen LogP contribution in [0.4, 0.5) is 48.3 Å². The van der Waals surface area contributed by atoms with Crippen LogP contribution in [-0.2, 0) is 23.3 Å². The van der Waals surface area contributed by atoms with Crippen molar-refractivity contribution in [1.82, 2.24) is 4.90 Å². The molecule has 0 amide bonds. The first-order valence-electron chi connectivity index (χ1n) is 9.91. The van der Waals surface area contributed by atoms with Crippen LogP contribution in [0.2, 0.25) is 0 Å². The minimum Gasteiger partial charge on any atom is -0.363 e. The zero-order valence-corrected chi connectivity index (χ0v) is 19.8. The van der Waals surface area contributed by atoms with Crippen LogP contribution >= 0.6 is 8.38 Å². The van der Waals surface area contributed by atoms with E-state index in [9.17, 15) is 48.3 Å². The molecule has 37 heavy (non-hydrogen) atoms. The van der Waals surface area contributed by atoms with Crippen molar-refractivity contribution in [3.63, 3.8) is 0 Å². The number of nitriles is 1. The monoisotopic (exact) mass is 592 g/mol. The molecule has 0 bridgehead atoms. The maximum atomic E-state index is 14.0. The molecule has 0 saturated carbocycles. The lowest BCUT2D eigenvalue weighted by Crippen LogP contribution is -2.47. The predicted molar refractivity (Wildman–Crippen MR) is 107 cm³/mol. The van der Waals surface area contributed by atoms with E-state index >= 15 is 0 Å². The minimum atomic E-state index is -6.54. The van der Waals surface area contributed by atoms with Crippen molar-refractivity contribution >= 4 is 8.38 Å². The van der Waals surface area contributed by atoms with Crippen LogP contribution in [0.3, 0.4) is 0 Å². The number of alkyl halides is 11. The summed E-state index contributed by atoms with van der Waals surface area (Å²) >= 11 is 0. The van der Waals surface area contributed by atoms with E-state index in [1.165, 1.54) is 6.66 Å². The SMILES string of the molecule is C.CCCN(CCOP(C)OCCC#N)CC(F)(F)OC(F)(F)COCC(F)(F)OC(F)(F)C(F)(F)F. The zero-order valence-electron chi connectivity index (χ0n) is 18.9. The van der Waals surface area contributed by atoms with Crippen LogP contribution in [0.5, 0.6) is 0 Å². The molecule has 0 spiro atoms. The van der Waals surface area contributed by atoms with Gasteiger partial charge in [-0.3, -0.25) is 9.64 Å². The molecule has 0 fully saturated rings. The van der Waals surface area contributed by atoms with Gasteiger partial charge in [-0.2, -0.15) is 53.6 Å². The molecule has 0 aliphatic rings. The molecule has 0 aromatic carbocycles. The smallest absolute Gasteiger partial charge is 0.363 e. The summed E-state index contributed by atoms with van der Waals surface area (Å²) in [6.07, 6.45) is -27.4. The highest BCUT2D eigenvalue weighted by Gasteiger charge is 2.64. The molecular weight excluding hydrogens is 564 g/mol. The summed E-state index contributed by atoms with van der Waals surface area (Å²) in [5, 5.41) is 8.41. The summed E-state index contributed by atoms with van der Waals surface area (Å²) in [4.78, 5) is 0.983. The highest BCUT2D eigenvalue weighted by Crippen LogP contribution is 2.40. The molecule has 0 saturated heterocycles. The maximum Gasteiger partial charge on any atom is 0.483 e. The van der Waals surface area contributed by atoms with Gasteiger partial charge in [0, 0.05) is 13.2 Å². The summed E-state index contributed by atoms with van der Waals surface area (Å²) < 4.78 is 162. The first kappa shape index (κ1) is 38.1. The fraction of sp³-hybridized carbons (Fsp3) is 0.944. The molecule has 0 heterocycles. The van der Waals surface area contributed by atoms with E-state index in [0.717, 1.165) is 4.90 Å². The third-order valence-corrected chi connectivity index (χ3v) is 4.65. The highest BCUT2D eigenvalue weighted by atomic mass is 31.2. The second kappa shape index (κ2) is 16.1. The Kier molecular flexibility index (Phi) is 16.6. The average Bonchev–Trinajstić information content (AvgIpc) is 2.64. The van der Waals surface area contributed by atoms with Crippen LogP contribution < -0.4 is 0 Å². The zero-order chi connectivity index (χ0) is 28.3. The van der Waals surface area contributed by atoms with E-state index in [1.807, 2.05) is 6.07 Å². The first-order valence-corrected chi connectivity index (χ1v) is 11.5. The summed E-state index contributed by atoms with van der Waals surface area (Å²) in [6.45, 7) is -3.40. The van der Waals surface area contributed by atoms with Crippen molar-refractivity contribution in [2.45, 2.75) is 57.8 Å². The van der Waals surface area contributed by atoms with Crippen molar-refractivity contribution in [3.05, 3.63) is 0 Å². The molecule has 222 valence electrons. The van der Waals surface area contributed by atoms with Crippen molar-refractivity contribution in [1.29, 1.82) is 5.26 Å². The van der Waals surface area contributed by atoms with Gasteiger partial charge in [-0.1, -0.05) is 14.4 Å². The maximum absolute atomic E-state index is 14.0. The lowest BCUT2D eigenvalue weighted by atomic mass is 10.4. The van der Waals surface area contributed by atoms with Gasteiger partial charge in [0.2, 0.25) is 0 Å². The van der Waals surface area contributed by atoms with Gasteiger partial charge in [-0.15, -0.1) is 0 Å². The molecule has 0 aromatic heterocycles. The first-order chi connectivity index (χ1) is 16.3. The molecule has 0 aliphatic carbocycles. The molecule has 7 nitrogen and oxygen atoms in total. The Morgan fingerprint density at radius 1 is 0.784 bits per heavy atom. The number of halogens is 11. The molecule has 0 aromatic rings. The van der Waals surface area contributed by atoms with Crippen LogP contribution in [0.1, 0.15) is 27.2 Å². The van der Waals surface area contributed by atoms with Gasteiger partial charge in [0.1, 0.15) is 13.2 Å². The van der Waals surface area contributed by atoms with Crippen molar-refractivity contribution in [2.75, 3.05) is 52.7 Å². The van der Waals surface area contributed by atoms with E-state index < -0.39 is 58.7 Å². The van der Waals surface area contributed by atoms with Crippen molar-refractivity contribution < 1.29 is 71.6 Å². The molecule has 0 rings (SSSR count). The van der Waals surface area contributed by atoms with E-state index in [-0.39, 0.29) is 40.2 Å². The van der Waals surface area contributed by atoms with E-state index in [1.54, 1.807) is 6.92 Å². The Labute approximate surface area is 207 Å². The van der Waals surface area contributed by atoms with E-state index in [4.69, 9.17) is 14.3 Å². The topological polar surface area (TPSA) is 73.2 Å². The van der Waals surface area contributed by atoms with Crippen LogP contribution in [0.15, 0.2) is 0 Å². The molecule has 1 atom stereocenters. The molecule has 19 heteroatoms. The Hall–Kier alpha value is -1.09. The van der Waals surface area contributed by atoms with E-state index in [2.05, 4.69) is 14.2 Å². The van der Waals surface area contributed by atoms with Crippen LogP contribution in [-0.4, -0.2) is 88.2 Å². The second-order valence-electron chi connectivity index (χ2n) is 6.91. The largest absolute Gasteiger partial charge is 0.483 e. The van der Waals surface area contributed by atoms with Gasteiger partial charge >= 0.3 is 30.6 Å². The van der Waals surface area contributed by atoms with Crippen LogP contribution in [0.25, 0.3) is 0 Å². The van der Waals surface area contributed by atoms with Gasteiger partial charge in [0.25, 0.3) is 0 Å². The fourth-order valence-corrected chi connectivity index (χ4v) is 3.01. The van der Waals surface area contributed by atoms with Gasteiger partial charge in [-0.25, -0.2) is 4.74 Å². The van der Waals surface area contributed by atoms with Crippen LogP contribution in [0, 0.1) is 11.3 Å². The predicted octanol–water partition coefficient (Wildman–Crippen LogP) is 6.21. The van der Waals surface area contributed by atoms with Crippen molar-refractivity contribution in [2.24, 2.45) is 0 Å². The molecular formula is C18H28F11N2O5P. The third kappa shape index (κ3) is 17.2. The van der Waals surface area contributed by atoms with Gasteiger partial charge in [0.05, 0.1) is 32.2 Å². The number of ether oxygens (including phenoxy) is 3. The number of rotatable bonds is 19. The summed E-state index contributed by atoms with van der Waals surface area (Å²) in [5.74, 6) is 0. The second-order valence-corrected chi connectivity index (χ2v) is 8.31. The standard InChI is InChI=1S/C17H24F11N2O5P.CH4/c1-3-6-30(7-9-33-36(2)32-8-4-5-29)10-13(18,19)34-14(20,21)11-31-12-15(22,23)35-17(27,28)16(24,25)26;/h3-4,6-12H2,1-2H3;1H4. The quantitative estimate of drug-likeness (QED) is 0.100. The highest BCUT2D eigenvalue weighted by molar-refractivity contribution is 7.46. The molecule has 0 N–H and O–H groups in total. The summed E-state index contributed by atoms with van der Waals surface area (Å²) in [5.41, 5.74) is 0. The summed E-state index contributed by atoms with van der Waals surface area (Å²) in [7, 11) is -1.43. The molecule has 1 unspecified atom stereocenters.